The van der Waals surface area contributed by atoms with E-state index in [0.717, 1.165) is 0 Å². The topological polar surface area (TPSA) is 135 Å². The van der Waals surface area contributed by atoms with E-state index in [9.17, 15) is 5.11 Å². The lowest BCUT2D eigenvalue weighted by molar-refractivity contribution is 0.430. The predicted molar refractivity (Wildman–Crippen MR) is 56.6 cm³/mol. The highest BCUT2D eigenvalue weighted by Crippen LogP contribution is 2.08. The fraction of sp³-hybridized carbons (Fsp3) is 0.571. The zero-order chi connectivity index (χ0) is 11.1. The summed E-state index contributed by atoms with van der Waals surface area (Å²) >= 11 is 0. The normalized spacial score (nSPS) is 10.0. The summed E-state index contributed by atoms with van der Waals surface area (Å²) in [7, 11) is 0. The van der Waals surface area contributed by atoms with Gasteiger partial charge in [0.1, 0.15) is 0 Å². The minimum atomic E-state index is -0.343. The van der Waals surface area contributed by atoms with Crippen LogP contribution in [0.3, 0.4) is 0 Å². The van der Waals surface area contributed by atoms with Crippen LogP contribution in [0.4, 0.5) is 11.9 Å². The molecule has 8 nitrogen and oxygen atoms in total. The number of nitrogens with two attached hydrogens (primary N) is 2. The Morgan fingerprint density at radius 2 is 1.40 bits per heavy atom. The van der Waals surface area contributed by atoms with Crippen LogP contribution >= 0.6 is 0 Å². The first kappa shape index (κ1) is 11.4. The lowest BCUT2D eigenvalue weighted by atomic mass is 10.6. The van der Waals surface area contributed by atoms with Crippen molar-refractivity contribution >= 4 is 11.9 Å². The van der Waals surface area contributed by atoms with Gasteiger partial charge in [-0.3, -0.25) is 0 Å². The third-order valence-corrected chi connectivity index (χ3v) is 1.48. The van der Waals surface area contributed by atoms with Crippen LogP contribution in [0.1, 0.15) is 0 Å². The van der Waals surface area contributed by atoms with Crippen molar-refractivity contribution in [2.75, 3.05) is 36.8 Å². The van der Waals surface area contributed by atoms with Gasteiger partial charge in [0.15, 0.2) is 0 Å². The second-order valence-electron chi connectivity index (χ2n) is 2.71. The van der Waals surface area contributed by atoms with Crippen LogP contribution in [0, 0.1) is 0 Å². The molecule has 0 aliphatic carbocycles. The van der Waals surface area contributed by atoms with Crippen molar-refractivity contribution in [1.82, 2.24) is 15.0 Å². The average Bonchev–Trinajstić information content (AvgIpc) is 2.23. The molecule has 0 amide bonds. The van der Waals surface area contributed by atoms with E-state index < -0.39 is 0 Å². The van der Waals surface area contributed by atoms with Crippen LogP contribution < -0.4 is 22.1 Å². The lowest BCUT2D eigenvalue weighted by Gasteiger charge is -2.06. The first-order valence-electron chi connectivity index (χ1n) is 4.59. The molecular formula is C7H15N7O. The number of anilines is 2. The van der Waals surface area contributed by atoms with Crippen molar-refractivity contribution in [3.05, 3.63) is 0 Å². The lowest BCUT2D eigenvalue weighted by Crippen LogP contribution is -2.18. The van der Waals surface area contributed by atoms with E-state index in [0.29, 0.717) is 26.2 Å². The number of nitrogens with one attached hydrogen (secondary N) is 2. The predicted octanol–water partition coefficient (Wildman–Crippen LogP) is -1.68. The zero-order valence-corrected chi connectivity index (χ0v) is 8.27. The van der Waals surface area contributed by atoms with Crippen LogP contribution in [0.15, 0.2) is 0 Å². The zero-order valence-electron chi connectivity index (χ0n) is 8.27. The summed E-state index contributed by atoms with van der Waals surface area (Å²) in [6, 6.07) is -0.343. The molecule has 7 N–H and O–H groups in total. The van der Waals surface area contributed by atoms with Crippen LogP contribution in [0.25, 0.3) is 0 Å². The molecule has 0 atom stereocenters. The molecule has 8 heteroatoms. The van der Waals surface area contributed by atoms with E-state index in [1.807, 2.05) is 0 Å². The Morgan fingerprint density at radius 3 is 1.80 bits per heavy atom. The van der Waals surface area contributed by atoms with E-state index in [2.05, 4.69) is 25.6 Å². The van der Waals surface area contributed by atoms with Crippen molar-refractivity contribution in [2.45, 2.75) is 0 Å². The maximum Gasteiger partial charge on any atom is 0.320 e. The molecule has 0 saturated carbocycles. The van der Waals surface area contributed by atoms with E-state index in [-0.39, 0.29) is 17.9 Å². The largest absolute Gasteiger partial charge is 0.479 e. The van der Waals surface area contributed by atoms with Crippen molar-refractivity contribution in [2.24, 2.45) is 11.5 Å². The molecule has 0 saturated heterocycles. The molecule has 1 heterocycles. The summed E-state index contributed by atoms with van der Waals surface area (Å²) in [6.45, 7) is 1.97. The third-order valence-electron chi connectivity index (χ3n) is 1.48. The smallest absolute Gasteiger partial charge is 0.320 e. The van der Waals surface area contributed by atoms with Gasteiger partial charge in [-0.05, 0) is 0 Å². The maximum atomic E-state index is 9.19. The molecule has 1 aromatic heterocycles. The number of hydrogen-bond donors (Lipinski definition) is 5. The highest BCUT2D eigenvalue weighted by molar-refractivity contribution is 5.35. The van der Waals surface area contributed by atoms with E-state index in [1.165, 1.54) is 0 Å². The molecular weight excluding hydrogens is 198 g/mol. The molecule has 84 valence electrons. The molecule has 0 aromatic carbocycles. The maximum absolute atomic E-state index is 9.19. The quantitative estimate of drug-likeness (QED) is 0.378. The van der Waals surface area contributed by atoms with Crippen LogP contribution in [-0.4, -0.2) is 46.2 Å². The number of hydrogen-bond acceptors (Lipinski definition) is 8. The van der Waals surface area contributed by atoms with Gasteiger partial charge < -0.3 is 27.2 Å². The second kappa shape index (κ2) is 5.94. The monoisotopic (exact) mass is 213 g/mol. The van der Waals surface area contributed by atoms with Crippen LogP contribution in [0.5, 0.6) is 6.01 Å². The summed E-state index contributed by atoms with van der Waals surface area (Å²) in [6.07, 6.45) is 0. The van der Waals surface area contributed by atoms with Gasteiger partial charge >= 0.3 is 6.01 Å². The number of aromatic nitrogens is 3. The first-order valence-corrected chi connectivity index (χ1v) is 4.59. The minimum absolute atomic E-state index is 0.285. The molecule has 0 aliphatic rings. The molecule has 0 fully saturated rings. The summed E-state index contributed by atoms with van der Waals surface area (Å²) in [5.41, 5.74) is 10.6. The van der Waals surface area contributed by atoms with Crippen molar-refractivity contribution in [1.29, 1.82) is 0 Å². The van der Waals surface area contributed by atoms with Crippen LogP contribution in [-0.2, 0) is 0 Å². The highest BCUT2D eigenvalue weighted by atomic mass is 16.3. The Morgan fingerprint density at radius 1 is 0.933 bits per heavy atom. The second-order valence-corrected chi connectivity index (χ2v) is 2.71. The summed E-state index contributed by atoms with van der Waals surface area (Å²) in [5.74, 6) is 0.569. The Balaban J connectivity index is 2.66. The molecule has 1 rings (SSSR count). The Bertz CT molecular complexity index is 279. The molecule has 0 aliphatic heterocycles. The van der Waals surface area contributed by atoms with Crippen molar-refractivity contribution < 1.29 is 5.11 Å². The molecule has 0 radical (unpaired) electrons. The van der Waals surface area contributed by atoms with E-state index >= 15 is 0 Å². The number of rotatable bonds is 6. The number of nitrogens with zero attached hydrogens (tertiary/aromatic N) is 3. The fourth-order valence-electron chi connectivity index (χ4n) is 0.891. The van der Waals surface area contributed by atoms with Gasteiger partial charge in [-0.25, -0.2) is 0 Å². The minimum Gasteiger partial charge on any atom is -0.479 e. The van der Waals surface area contributed by atoms with Crippen molar-refractivity contribution in [3.8, 4) is 6.01 Å². The van der Waals surface area contributed by atoms with Gasteiger partial charge in [-0.2, -0.15) is 15.0 Å². The summed E-state index contributed by atoms with van der Waals surface area (Å²) in [4.78, 5) is 11.3. The summed E-state index contributed by atoms with van der Waals surface area (Å²) < 4.78 is 0. The van der Waals surface area contributed by atoms with Gasteiger partial charge in [-0.1, -0.05) is 0 Å². The fourth-order valence-corrected chi connectivity index (χ4v) is 0.891. The van der Waals surface area contributed by atoms with Crippen molar-refractivity contribution in [3.63, 3.8) is 0 Å². The molecule has 15 heavy (non-hydrogen) atoms. The molecule has 0 unspecified atom stereocenters. The Labute approximate surface area is 87.1 Å². The van der Waals surface area contributed by atoms with Crippen LogP contribution in [0.2, 0.25) is 0 Å². The van der Waals surface area contributed by atoms with Gasteiger partial charge in [0.05, 0.1) is 0 Å². The highest BCUT2D eigenvalue weighted by Gasteiger charge is 2.03. The average molecular weight is 213 g/mol. The Hall–Kier alpha value is -1.67. The molecule has 0 bridgehead atoms. The van der Waals surface area contributed by atoms with Gasteiger partial charge in [0.2, 0.25) is 11.9 Å². The standard InChI is InChI=1S/C7H15N7O/c8-1-3-10-5-12-6(11-4-2-9)14-7(15)13-5/h1-4,8-9H2,(H3,10,11,12,13,14,15). The van der Waals surface area contributed by atoms with E-state index in [4.69, 9.17) is 11.5 Å². The SMILES string of the molecule is NCCNc1nc(O)nc(NCCN)n1. The van der Waals surface area contributed by atoms with Gasteiger partial charge in [0, 0.05) is 26.2 Å². The Kier molecular flexibility index (Phi) is 4.51. The third kappa shape index (κ3) is 3.92. The van der Waals surface area contributed by atoms with E-state index in [1.54, 1.807) is 0 Å². The van der Waals surface area contributed by atoms with Gasteiger partial charge in [-0.15, -0.1) is 0 Å². The van der Waals surface area contributed by atoms with Gasteiger partial charge in [0.25, 0.3) is 0 Å². The first-order chi connectivity index (χ1) is 7.26. The molecule has 0 spiro atoms. The number of aromatic hydroxyl groups is 1. The molecule has 1 aromatic rings. The summed E-state index contributed by atoms with van der Waals surface area (Å²) in [5, 5.41) is 14.9.